The molecular formula is C43H23N5O. The lowest BCUT2D eigenvalue weighted by molar-refractivity contribution is 0.673. The molecule has 0 bridgehead atoms. The first-order valence-corrected chi connectivity index (χ1v) is 15.8. The van der Waals surface area contributed by atoms with Gasteiger partial charge in [0.2, 0.25) is 0 Å². The minimum Gasteiger partial charge on any atom is -0.455 e. The number of fused-ring (bicyclic) bond motifs is 8. The van der Waals surface area contributed by atoms with E-state index in [1.165, 1.54) is 0 Å². The molecule has 0 radical (unpaired) electrons. The van der Waals surface area contributed by atoms with Crippen molar-refractivity contribution in [2.24, 2.45) is 0 Å². The van der Waals surface area contributed by atoms with Crippen molar-refractivity contribution in [3.8, 4) is 45.3 Å². The lowest BCUT2D eigenvalue weighted by Crippen LogP contribution is -2.00. The van der Waals surface area contributed by atoms with Gasteiger partial charge in [-0.2, -0.15) is 0 Å². The van der Waals surface area contributed by atoms with Crippen LogP contribution in [0.4, 0.5) is 11.4 Å². The molecule has 0 aliphatic heterocycles. The Labute approximate surface area is 281 Å². The van der Waals surface area contributed by atoms with E-state index >= 15 is 0 Å². The number of hydrogen-bond donors (Lipinski definition) is 0. The van der Waals surface area contributed by atoms with Gasteiger partial charge in [0.15, 0.2) is 28.8 Å². The second-order valence-electron chi connectivity index (χ2n) is 11.8. The second-order valence-corrected chi connectivity index (χ2v) is 11.8. The standard InChI is InChI=1S/C43H23N5O/c1-44-31-21-30(22-32(25-31)45-2)28-17-19-33-34-20-18-29(24-37(34)40-39(36(33)23-28)35-15-9-10-16-38(35)49-40)43-47-41(26-11-5-3-6-12-26)46-42(48-43)27-13-7-4-8-14-27/h3-25H. The molecule has 0 saturated heterocycles. The first-order valence-electron chi connectivity index (χ1n) is 15.8. The van der Waals surface area contributed by atoms with Crippen molar-refractivity contribution in [1.29, 1.82) is 0 Å². The summed E-state index contributed by atoms with van der Waals surface area (Å²) in [6.45, 7) is 15.1. The summed E-state index contributed by atoms with van der Waals surface area (Å²) >= 11 is 0. The molecule has 0 aliphatic carbocycles. The molecule has 0 saturated carbocycles. The van der Waals surface area contributed by atoms with E-state index in [0.717, 1.165) is 71.3 Å². The molecule has 226 valence electrons. The van der Waals surface area contributed by atoms with Gasteiger partial charge < -0.3 is 4.42 Å². The van der Waals surface area contributed by atoms with Crippen molar-refractivity contribution in [3.63, 3.8) is 0 Å². The Kier molecular flexibility index (Phi) is 6.47. The fourth-order valence-corrected chi connectivity index (χ4v) is 6.60. The van der Waals surface area contributed by atoms with Crippen LogP contribution in [0.25, 0.3) is 98.5 Å². The summed E-state index contributed by atoms with van der Waals surface area (Å²) in [5, 5.41) is 6.12. The number of furan rings is 1. The van der Waals surface area contributed by atoms with E-state index in [-0.39, 0.29) is 0 Å². The third-order valence-corrected chi connectivity index (χ3v) is 8.89. The highest BCUT2D eigenvalue weighted by atomic mass is 16.3. The molecule has 49 heavy (non-hydrogen) atoms. The average Bonchev–Trinajstić information content (AvgIpc) is 3.58. The Morgan fingerprint density at radius 1 is 0.408 bits per heavy atom. The van der Waals surface area contributed by atoms with Crippen LogP contribution in [0.1, 0.15) is 0 Å². The van der Waals surface area contributed by atoms with Gasteiger partial charge in [0.25, 0.3) is 0 Å². The van der Waals surface area contributed by atoms with Crippen molar-refractivity contribution in [2.45, 2.75) is 0 Å². The summed E-state index contributed by atoms with van der Waals surface area (Å²) in [5.41, 5.74) is 6.89. The highest BCUT2D eigenvalue weighted by Gasteiger charge is 2.19. The molecule has 7 aromatic carbocycles. The van der Waals surface area contributed by atoms with E-state index in [1.807, 2.05) is 91.0 Å². The number of aromatic nitrogens is 3. The summed E-state index contributed by atoms with van der Waals surface area (Å²) in [6.07, 6.45) is 0. The quantitative estimate of drug-likeness (QED) is 0.144. The maximum Gasteiger partial charge on any atom is 0.177 e. The molecule has 0 atom stereocenters. The SMILES string of the molecule is [C-]#[N+]c1cc([N+]#[C-])cc(-c2ccc3c4ccc(-c5nc(-c6ccccc6)nc(-c6ccccc6)n5)cc4c4oc5ccccc5c4c3c2)c1. The predicted molar refractivity (Wildman–Crippen MR) is 196 cm³/mol. The first kappa shape index (κ1) is 28.1. The molecule has 2 aromatic heterocycles. The molecule has 9 aromatic rings. The number of benzene rings is 7. The van der Waals surface area contributed by atoms with Gasteiger partial charge in [-0.1, -0.05) is 121 Å². The zero-order valence-corrected chi connectivity index (χ0v) is 25.9. The van der Waals surface area contributed by atoms with E-state index in [9.17, 15) is 0 Å². The van der Waals surface area contributed by atoms with Crippen LogP contribution in [0, 0.1) is 13.1 Å². The molecular weight excluding hydrogens is 603 g/mol. The molecule has 0 spiro atoms. The van der Waals surface area contributed by atoms with E-state index in [4.69, 9.17) is 32.5 Å². The molecule has 6 nitrogen and oxygen atoms in total. The van der Waals surface area contributed by atoms with Crippen LogP contribution in [0.5, 0.6) is 0 Å². The Balaban J connectivity index is 1.31. The van der Waals surface area contributed by atoms with Crippen LogP contribution in [0.15, 0.2) is 144 Å². The minimum atomic E-state index is 0.442. The summed E-state index contributed by atoms with van der Waals surface area (Å²) < 4.78 is 6.64. The normalized spacial score (nSPS) is 11.2. The maximum atomic E-state index is 7.56. The summed E-state index contributed by atoms with van der Waals surface area (Å²) in [4.78, 5) is 22.0. The Morgan fingerprint density at radius 3 is 1.57 bits per heavy atom. The van der Waals surface area contributed by atoms with Crippen LogP contribution in [0.2, 0.25) is 0 Å². The third-order valence-electron chi connectivity index (χ3n) is 8.89. The van der Waals surface area contributed by atoms with Gasteiger partial charge >= 0.3 is 0 Å². The summed E-state index contributed by atoms with van der Waals surface area (Å²) in [6, 6.07) is 45.9. The second kappa shape index (κ2) is 11.3. The van der Waals surface area contributed by atoms with Crippen LogP contribution in [0.3, 0.4) is 0 Å². The van der Waals surface area contributed by atoms with Gasteiger partial charge in [0.05, 0.1) is 13.1 Å². The van der Waals surface area contributed by atoms with Crippen LogP contribution >= 0.6 is 0 Å². The molecule has 0 amide bonds. The van der Waals surface area contributed by atoms with E-state index in [2.05, 4.69) is 52.2 Å². The van der Waals surface area contributed by atoms with E-state index < -0.39 is 0 Å². The molecule has 9 rings (SSSR count). The number of nitrogens with zero attached hydrogens (tertiary/aromatic N) is 5. The fraction of sp³-hybridized carbons (Fsp3) is 0. The molecule has 0 aliphatic rings. The van der Waals surface area contributed by atoms with Crippen molar-refractivity contribution >= 4 is 54.9 Å². The highest BCUT2D eigenvalue weighted by Crippen LogP contribution is 2.43. The zero-order chi connectivity index (χ0) is 32.9. The molecule has 0 fully saturated rings. The average molecular weight is 626 g/mol. The van der Waals surface area contributed by atoms with E-state index in [1.54, 1.807) is 6.07 Å². The topological polar surface area (TPSA) is 60.5 Å². The van der Waals surface area contributed by atoms with Crippen molar-refractivity contribution in [1.82, 2.24) is 15.0 Å². The summed E-state index contributed by atoms with van der Waals surface area (Å²) in [5.74, 6) is 1.78. The van der Waals surface area contributed by atoms with Gasteiger partial charge in [-0.25, -0.2) is 24.6 Å². The maximum absolute atomic E-state index is 7.56. The van der Waals surface area contributed by atoms with Gasteiger partial charge in [-0.05, 0) is 45.5 Å². The van der Waals surface area contributed by atoms with Crippen molar-refractivity contribution in [2.75, 3.05) is 0 Å². The number of hydrogen-bond acceptors (Lipinski definition) is 4. The van der Waals surface area contributed by atoms with Crippen LogP contribution in [-0.4, -0.2) is 15.0 Å². The van der Waals surface area contributed by atoms with E-state index in [0.29, 0.717) is 28.8 Å². The van der Waals surface area contributed by atoms with Gasteiger partial charge in [-0.3, -0.25) is 0 Å². The van der Waals surface area contributed by atoms with Gasteiger partial charge in [-0.15, -0.1) is 0 Å². The van der Waals surface area contributed by atoms with Crippen molar-refractivity contribution in [3.05, 3.63) is 162 Å². The Morgan fingerprint density at radius 2 is 0.939 bits per heavy atom. The lowest BCUT2D eigenvalue weighted by atomic mass is 9.92. The number of rotatable bonds is 4. The summed E-state index contributed by atoms with van der Waals surface area (Å²) in [7, 11) is 0. The monoisotopic (exact) mass is 625 g/mol. The highest BCUT2D eigenvalue weighted by molar-refractivity contribution is 6.30. The van der Waals surface area contributed by atoms with Crippen LogP contribution < -0.4 is 0 Å². The molecule has 0 N–H and O–H groups in total. The fourth-order valence-electron chi connectivity index (χ4n) is 6.60. The largest absolute Gasteiger partial charge is 0.455 e. The zero-order valence-electron chi connectivity index (χ0n) is 25.9. The van der Waals surface area contributed by atoms with Crippen LogP contribution in [-0.2, 0) is 0 Å². The molecule has 0 unspecified atom stereocenters. The lowest BCUT2D eigenvalue weighted by Gasteiger charge is -2.12. The smallest absolute Gasteiger partial charge is 0.177 e. The van der Waals surface area contributed by atoms with Gasteiger partial charge in [0, 0.05) is 32.8 Å². The van der Waals surface area contributed by atoms with Gasteiger partial charge in [0.1, 0.15) is 11.2 Å². The first-order chi connectivity index (χ1) is 24.2. The number of para-hydroxylation sites is 1. The molecule has 2 heterocycles. The molecule has 6 heteroatoms. The predicted octanol–water partition coefficient (Wildman–Crippen LogP) is 11.8. The Hall–Kier alpha value is -7.15. The minimum absolute atomic E-state index is 0.442. The van der Waals surface area contributed by atoms with Crippen molar-refractivity contribution < 1.29 is 4.42 Å². The Bertz CT molecular complexity index is 2750. The third kappa shape index (κ3) is 4.76.